The van der Waals surface area contributed by atoms with Crippen LogP contribution in [0.5, 0.6) is 0 Å². The second kappa shape index (κ2) is 8.76. The molecule has 3 fully saturated rings. The molecule has 0 aromatic heterocycles. The Kier molecular flexibility index (Phi) is 7.14. The summed E-state index contributed by atoms with van der Waals surface area (Å²) in [5.41, 5.74) is 0.481. The summed E-state index contributed by atoms with van der Waals surface area (Å²) in [5, 5.41) is 32.0. The molecular formula is C28H50O3. The highest BCUT2D eigenvalue weighted by Crippen LogP contribution is 2.68. The molecule has 3 saturated carbocycles. The molecule has 4 aliphatic rings. The molecule has 0 bridgehead atoms. The smallest absolute Gasteiger partial charge is 0.0836 e. The summed E-state index contributed by atoms with van der Waals surface area (Å²) in [4.78, 5) is 0. The van der Waals surface area contributed by atoms with Crippen LogP contribution < -0.4 is 0 Å². The van der Waals surface area contributed by atoms with Crippen molar-refractivity contribution in [3.05, 3.63) is 11.6 Å². The molecule has 4 aliphatic carbocycles. The van der Waals surface area contributed by atoms with Gasteiger partial charge in [0, 0.05) is 0 Å². The minimum atomic E-state index is -0.759. The van der Waals surface area contributed by atoms with Crippen LogP contribution in [-0.2, 0) is 0 Å². The van der Waals surface area contributed by atoms with E-state index >= 15 is 0 Å². The summed E-state index contributed by atoms with van der Waals surface area (Å²) < 4.78 is 0. The second-order valence-corrected chi connectivity index (χ2v) is 12.5. The zero-order valence-electron chi connectivity index (χ0n) is 21.4. The topological polar surface area (TPSA) is 60.7 Å². The summed E-state index contributed by atoms with van der Waals surface area (Å²) in [6.07, 6.45) is 12.8. The lowest BCUT2D eigenvalue weighted by Crippen LogP contribution is -2.58. The Hall–Kier alpha value is -0.380. The highest BCUT2D eigenvalue weighted by Gasteiger charge is 2.62. The van der Waals surface area contributed by atoms with Crippen LogP contribution in [0.4, 0.5) is 0 Å². The molecule has 3 heteroatoms. The number of aliphatic hydroxyl groups excluding tert-OH is 1. The van der Waals surface area contributed by atoms with E-state index in [0.29, 0.717) is 23.2 Å². The van der Waals surface area contributed by atoms with Crippen LogP contribution in [0.15, 0.2) is 11.6 Å². The summed E-state index contributed by atoms with van der Waals surface area (Å²) in [5.74, 6) is 2.19. The number of hydrogen-bond donors (Lipinski definition) is 3. The van der Waals surface area contributed by atoms with E-state index in [1.54, 1.807) is 0 Å². The van der Waals surface area contributed by atoms with E-state index in [2.05, 4.69) is 19.9 Å². The Morgan fingerprint density at radius 2 is 1.68 bits per heavy atom. The van der Waals surface area contributed by atoms with E-state index in [1.165, 1.54) is 37.7 Å². The fourth-order valence-corrected chi connectivity index (χ4v) is 8.35. The maximum Gasteiger partial charge on any atom is 0.0836 e. The quantitative estimate of drug-likeness (QED) is 0.458. The Bertz CT molecular complexity index is 660. The van der Waals surface area contributed by atoms with Gasteiger partial charge in [0.2, 0.25) is 0 Å². The third-order valence-electron chi connectivity index (χ3n) is 9.95. The van der Waals surface area contributed by atoms with Crippen LogP contribution in [0.3, 0.4) is 0 Å². The number of rotatable bonds is 4. The molecule has 5 unspecified atom stereocenters. The van der Waals surface area contributed by atoms with Gasteiger partial charge in [-0.1, -0.05) is 45.8 Å². The highest BCUT2D eigenvalue weighted by atomic mass is 16.3. The first-order chi connectivity index (χ1) is 14.4. The molecule has 0 amide bonds. The van der Waals surface area contributed by atoms with Crippen molar-refractivity contribution in [3.63, 3.8) is 0 Å². The Balaban J connectivity index is 0.00000132. The zero-order valence-corrected chi connectivity index (χ0v) is 21.4. The van der Waals surface area contributed by atoms with Crippen LogP contribution in [0.1, 0.15) is 113 Å². The van der Waals surface area contributed by atoms with Crippen molar-refractivity contribution in [2.24, 2.45) is 34.5 Å². The van der Waals surface area contributed by atoms with Gasteiger partial charge in [-0.15, -0.1) is 0 Å². The van der Waals surface area contributed by atoms with Crippen LogP contribution >= 0.6 is 0 Å². The maximum atomic E-state index is 11.6. The summed E-state index contributed by atoms with van der Waals surface area (Å²) >= 11 is 0. The van der Waals surface area contributed by atoms with E-state index in [-0.39, 0.29) is 11.5 Å². The van der Waals surface area contributed by atoms with E-state index in [0.717, 1.165) is 38.0 Å². The molecule has 0 aromatic rings. The Labute approximate surface area is 191 Å². The molecular weight excluding hydrogens is 384 g/mol. The van der Waals surface area contributed by atoms with Gasteiger partial charge in [-0.3, -0.25) is 0 Å². The van der Waals surface area contributed by atoms with Gasteiger partial charge < -0.3 is 15.3 Å². The minimum absolute atomic E-state index is 0.159. The average Bonchev–Trinajstić information content (AvgIpc) is 3.00. The number of hydrogen-bond acceptors (Lipinski definition) is 3. The Morgan fingerprint density at radius 1 is 1.00 bits per heavy atom. The molecule has 180 valence electrons. The van der Waals surface area contributed by atoms with Gasteiger partial charge in [0.1, 0.15) is 0 Å². The normalized spacial score (nSPS) is 46.8. The van der Waals surface area contributed by atoms with Crippen molar-refractivity contribution >= 4 is 0 Å². The first-order valence-electron chi connectivity index (χ1n) is 13.2. The fourth-order valence-electron chi connectivity index (χ4n) is 8.35. The predicted molar refractivity (Wildman–Crippen MR) is 129 cm³/mol. The van der Waals surface area contributed by atoms with Gasteiger partial charge >= 0.3 is 0 Å². The predicted octanol–water partition coefficient (Wildman–Crippen LogP) is 6.25. The standard InChI is InChI=1S/C26H44O3.C2H6/c1-23(2,28)12-6-7-17-8-9-20-22-21(11-14-24(17,20)3)25(4)13-10-19(27)15-18(25)16-26(22,5)29;1-2/h16-17,19-22,27-29H,6-15H2,1-5H3;1-2H3/t17-,19?,20?,21?,22-,24?,25-,26?;/m0./s1. The third kappa shape index (κ3) is 4.53. The molecule has 0 radical (unpaired) electrons. The largest absolute Gasteiger partial charge is 0.393 e. The fraction of sp³-hybridized carbons (Fsp3) is 0.929. The van der Waals surface area contributed by atoms with Crippen LogP contribution in [0.2, 0.25) is 0 Å². The zero-order chi connectivity index (χ0) is 23.2. The van der Waals surface area contributed by atoms with Crippen LogP contribution in [0.25, 0.3) is 0 Å². The summed E-state index contributed by atoms with van der Waals surface area (Å²) in [7, 11) is 0. The van der Waals surface area contributed by atoms with Crippen molar-refractivity contribution < 1.29 is 15.3 Å². The second-order valence-electron chi connectivity index (χ2n) is 12.5. The minimum Gasteiger partial charge on any atom is -0.393 e. The maximum absolute atomic E-state index is 11.6. The molecule has 0 saturated heterocycles. The third-order valence-corrected chi connectivity index (χ3v) is 9.95. The van der Waals surface area contributed by atoms with Gasteiger partial charge in [0.05, 0.1) is 17.3 Å². The van der Waals surface area contributed by atoms with Crippen molar-refractivity contribution in [1.82, 2.24) is 0 Å². The van der Waals surface area contributed by atoms with Gasteiger partial charge in [0.25, 0.3) is 0 Å². The van der Waals surface area contributed by atoms with E-state index < -0.39 is 11.2 Å². The highest BCUT2D eigenvalue weighted by molar-refractivity contribution is 5.30. The molecule has 4 rings (SSSR count). The molecule has 8 atom stereocenters. The number of fused-ring (bicyclic) bond motifs is 5. The van der Waals surface area contributed by atoms with Gasteiger partial charge in [-0.25, -0.2) is 0 Å². The molecule has 0 aromatic carbocycles. The first-order valence-corrected chi connectivity index (χ1v) is 13.2. The number of aliphatic hydroxyl groups is 3. The van der Waals surface area contributed by atoms with Gasteiger partial charge in [-0.05, 0) is 113 Å². The molecule has 3 N–H and O–H groups in total. The lowest BCUT2D eigenvalue weighted by atomic mass is 9.44. The SMILES string of the molecule is CC.CC(C)(O)CCC[C@H]1CCC2[C@H]3C(CCC21C)[C@@]1(C)CCC(O)CC1=CC3(C)O. The van der Waals surface area contributed by atoms with Crippen molar-refractivity contribution in [3.8, 4) is 0 Å². The summed E-state index contributed by atoms with van der Waals surface area (Å²) in [6, 6.07) is 0. The molecule has 0 aliphatic heterocycles. The van der Waals surface area contributed by atoms with Gasteiger partial charge in [0.15, 0.2) is 0 Å². The molecule has 0 spiro atoms. The molecule has 3 nitrogen and oxygen atoms in total. The van der Waals surface area contributed by atoms with E-state index in [4.69, 9.17) is 0 Å². The van der Waals surface area contributed by atoms with Crippen molar-refractivity contribution in [2.45, 2.75) is 130 Å². The monoisotopic (exact) mass is 434 g/mol. The summed E-state index contributed by atoms with van der Waals surface area (Å²) in [6.45, 7) is 14.8. The van der Waals surface area contributed by atoms with Crippen molar-refractivity contribution in [1.29, 1.82) is 0 Å². The first kappa shape index (κ1) is 25.2. The van der Waals surface area contributed by atoms with Crippen LogP contribution in [-0.4, -0.2) is 32.6 Å². The molecule has 31 heavy (non-hydrogen) atoms. The lowest BCUT2D eigenvalue weighted by molar-refractivity contribution is -0.130. The van der Waals surface area contributed by atoms with Crippen LogP contribution in [0, 0.1) is 34.5 Å². The average molecular weight is 435 g/mol. The van der Waals surface area contributed by atoms with E-state index in [1.807, 2.05) is 34.6 Å². The van der Waals surface area contributed by atoms with E-state index in [9.17, 15) is 15.3 Å². The molecule has 0 heterocycles. The lowest BCUT2D eigenvalue weighted by Gasteiger charge is -2.61. The van der Waals surface area contributed by atoms with Gasteiger partial charge in [-0.2, -0.15) is 0 Å². The Morgan fingerprint density at radius 3 is 2.32 bits per heavy atom. The van der Waals surface area contributed by atoms with Crippen molar-refractivity contribution in [2.75, 3.05) is 0 Å².